The van der Waals surface area contributed by atoms with Gasteiger partial charge >= 0.3 is 0 Å². The van der Waals surface area contributed by atoms with E-state index >= 15 is 0 Å². The van der Waals surface area contributed by atoms with E-state index in [0.29, 0.717) is 0 Å². The number of benzene rings is 6. The van der Waals surface area contributed by atoms with Crippen molar-refractivity contribution in [2.45, 2.75) is 12.3 Å². The molecule has 1 heteroatoms. The van der Waals surface area contributed by atoms with Gasteiger partial charge in [0.1, 0.15) is 0 Å². The third-order valence-electron chi connectivity index (χ3n) is 7.42. The Morgan fingerprint density at radius 3 is 1.90 bits per heavy atom. The van der Waals surface area contributed by atoms with Gasteiger partial charge in [-0.25, -0.2) is 0 Å². The van der Waals surface area contributed by atoms with Crippen LogP contribution in [0.3, 0.4) is 0 Å². The summed E-state index contributed by atoms with van der Waals surface area (Å²) in [6.45, 7) is 4.08. The molecule has 0 amide bonds. The topological polar surface area (TPSA) is 3.24 Å². The van der Waals surface area contributed by atoms with E-state index in [1.54, 1.807) is 0 Å². The number of rotatable bonds is 8. The molecule has 0 fully saturated rings. The van der Waals surface area contributed by atoms with E-state index in [4.69, 9.17) is 0 Å². The molecular formula is C38H31N. The number of para-hydroxylation sites is 1. The quantitative estimate of drug-likeness (QED) is 0.148. The highest BCUT2D eigenvalue weighted by atomic mass is 15.1. The number of nitrogens with zero attached hydrogens (tertiary/aromatic N) is 1. The lowest BCUT2D eigenvalue weighted by Gasteiger charge is -2.22. The van der Waals surface area contributed by atoms with Crippen LogP contribution < -0.4 is 4.90 Å². The second-order valence-electron chi connectivity index (χ2n) is 9.82. The third-order valence-corrected chi connectivity index (χ3v) is 7.42. The molecule has 0 aliphatic rings. The van der Waals surface area contributed by atoms with Gasteiger partial charge in [-0.05, 0) is 75.0 Å². The fourth-order valence-electron chi connectivity index (χ4n) is 5.39. The van der Waals surface area contributed by atoms with Crippen molar-refractivity contribution < 1.29 is 0 Å². The summed E-state index contributed by atoms with van der Waals surface area (Å²) < 4.78 is 0. The third kappa shape index (κ3) is 5.12. The van der Waals surface area contributed by atoms with Crippen LogP contribution >= 0.6 is 0 Å². The highest BCUT2D eigenvalue weighted by Gasteiger charge is 2.11. The largest absolute Gasteiger partial charge is 0.318 e. The van der Waals surface area contributed by atoms with E-state index in [1.165, 1.54) is 38.2 Å². The number of allylic oxidation sites excluding steroid dienone is 2. The van der Waals surface area contributed by atoms with Crippen molar-refractivity contribution in [1.29, 1.82) is 0 Å². The van der Waals surface area contributed by atoms with Crippen molar-refractivity contribution in [1.82, 2.24) is 0 Å². The SMILES string of the molecule is C=CC(C/C=C/N(c1ccccc1)c1ccc(-c2cc3ccccc3c3ccccc23)cc1)c1ccccc1. The zero-order valence-corrected chi connectivity index (χ0v) is 21.9. The minimum Gasteiger partial charge on any atom is -0.318 e. The van der Waals surface area contributed by atoms with Crippen LogP contribution in [0.15, 0.2) is 164 Å². The summed E-state index contributed by atoms with van der Waals surface area (Å²) in [5, 5.41) is 5.13. The second kappa shape index (κ2) is 11.2. The molecule has 188 valence electrons. The minimum atomic E-state index is 0.281. The zero-order valence-electron chi connectivity index (χ0n) is 21.9. The molecule has 0 radical (unpaired) electrons. The molecule has 0 bridgehead atoms. The molecule has 0 heterocycles. The second-order valence-corrected chi connectivity index (χ2v) is 9.82. The Morgan fingerprint density at radius 2 is 1.18 bits per heavy atom. The maximum Gasteiger partial charge on any atom is 0.0455 e. The number of anilines is 2. The van der Waals surface area contributed by atoms with Crippen LogP contribution in [0.1, 0.15) is 17.9 Å². The van der Waals surface area contributed by atoms with Crippen LogP contribution in [0.5, 0.6) is 0 Å². The highest BCUT2D eigenvalue weighted by molar-refractivity contribution is 6.13. The molecule has 1 unspecified atom stereocenters. The average molecular weight is 502 g/mol. The maximum absolute atomic E-state index is 4.08. The van der Waals surface area contributed by atoms with Gasteiger partial charge in [-0.2, -0.15) is 0 Å². The number of fused-ring (bicyclic) bond motifs is 3. The van der Waals surface area contributed by atoms with Crippen molar-refractivity contribution in [3.8, 4) is 11.1 Å². The fraction of sp³-hybridized carbons (Fsp3) is 0.0526. The Labute approximate surface area is 231 Å². The average Bonchev–Trinajstić information content (AvgIpc) is 3.02. The van der Waals surface area contributed by atoms with Crippen LogP contribution in [0.25, 0.3) is 32.7 Å². The van der Waals surface area contributed by atoms with Gasteiger partial charge in [-0.1, -0.05) is 121 Å². The Hall–Kier alpha value is -4.88. The molecule has 0 aliphatic heterocycles. The molecular weight excluding hydrogens is 470 g/mol. The molecule has 6 aromatic carbocycles. The minimum absolute atomic E-state index is 0.281. The standard InChI is InChI=1S/C38H31N/c1-2-29(30-14-5-3-6-15-30)17-13-27-39(33-18-7-4-8-19-33)34-25-23-31(24-26-34)38-28-32-16-9-10-20-35(32)36-21-11-12-22-37(36)38/h2-16,18-29H,1,17H2/b27-13+. The summed E-state index contributed by atoms with van der Waals surface area (Å²) in [5.74, 6) is 0.281. The van der Waals surface area contributed by atoms with Crippen LogP contribution in [0.2, 0.25) is 0 Å². The van der Waals surface area contributed by atoms with Crippen LogP contribution in [-0.4, -0.2) is 0 Å². The van der Waals surface area contributed by atoms with E-state index in [2.05, 4.69) is 163 Å². The van der Waals surface area contributed by atoms with E-state index in [0.717, 1.165) is 17.8 Å². The molecule has 1 nitrogen and oxygen atoms in total. The van der Waals surface area contributed by atoms with Gasteiger partial charge in [0.05, 0.1) is 0 Å². The van der Waals surface area contributed by atoms with Crippen LogP contribution in [-0.2, 0) is 0 Å². The lowest BCUT2D eigenvalue weighted by atomic mass is 9.93. The molecule has 0 saturated carbocycles. The van der Waals surface area contributed by atoms with E-state index in [9.17, 15) is 0 Å². The van der Waals surface area contributed by atoms with Crippen LogP contribution in [0, 0.1) is 0 Å². The first kappa shape index (κ1) is 24.5. The number of hydrogen-bond donors (Lipinski definition) is 0. The van der Waals surface area contributed by atoms with Gasteiger partial charge in [-0.3, -0.25) is 0 Å². The lowest BCUT2D eigenvalue weighted by molar-refractivity contribution is 0.863. The molecule has 0 aliphatic carbocycles. The molecule has 0 N–H and O–H groups in total. The highest BCUT2D eigenvalue weighted by Crippen LogP contribution is 2.36. The Bertz CT molecular complexity index is 1730. The monoisotopic (exact) mass is 501 g/mol. The summed E-state index contributed by atoms with van der Waals surface area (Å²) in [6, 6.07) is 49.7. The first-order valence-electron chi connectivity index (χ1n) is 13.5. The van der Waals surface area contributed by atoms with E-state index < -0.39 is 0 Å². The van der Waals surface area contributed by atoms with Gasteiger partial charge in [0.15, 0.2) is 0 Å². The van der Waals surface area contributed by atoms with E-state index in [-0.39, 0.29) is 5.92 Å². The first-order chi connectivity index (χ1) is 19.3. The molecule has 0 saturated heterocycles. The lowest BCUT2D eigenvalue weighted by Crippen LogP contribution is -2.08. The van der Waals surface area contributed by atoms with Crippen molar-refractivity contribution in [2.75, 3.05) is 4.90 Å². The molecule has 39 heavy (non-hydrogen) atoms. The number of hydrogen-bond acceptors (Lipinski definition) is 1. The predicted molar refractivity (Wildman–Crippen MR) is 169 cm³/mol. The normalized spacial score (nSPS) is 12.1. The molecule has 0 spiro atoms. The van der Waals surface area contributed by atoms with Gasteiger partial charge in [0.2, 0.25) is 0 Å². The Kier molecular flexibility index (Phi) is 7.05. The summed E-state index contributed by atoms with van der Waals surface area (Å²) >= 11 is 0. The van der Waals surface area contributed by atoms with Crippen molar-refractivity contribution in [2.24, 2.45) is 0 Å². The first-order valence-corrected chi connectivity index (χ1v) is 13.5. The van der Waals surface area contributed by atoms with E-state index in [1.807, 2.05) is 6.08 Å². The van der Waals surface area contributed by atoms with Crippen molar-refractivity contribution >= 4 is 32.9 Å². The molecule has 1 atom stereocenters. The summed E-state index contributed by atoms with van der Waals surface area (Å²) in [7, 11) is 0. The van der Waals surface area contributed by atoms with Gasteiger partial charge < -0.3 is 4.90 Å². The molecule has 0 aromatic heterocycles. The summed E-state index contributed by atoms with van der Waals surface area (Å²) in [6.07, 6.45) is 7.36. The Balaban J connectivity index is 1.34. The predicted octanol–water partition coefficient (Wildman–Crippen LogP) is 10.7. The zero-order chi connectivity index (χ0) is 26.4. The van der Waals surface area contributed by atoms with Crippen molar-refractivity contribution in [3.05, 3.63) is 170 Å². The van der Waals surface area contributed by atoms with Crippen molar-refractivity contribution in [3.63, 3.8) is 0 Å². The fourth-order valence-corrected chi connectivity index (χ4v) is 5.39. The molecule has 6 aromatic rings. The summed E-state index contributed by atoms with van der Waals surface area (Å²) in [5.41, 5.74) is 6.02. The van der Waals surface area contributed by atoms with Gasteiger partial charge in [-0.15, -0.1) is 6.58 Å². The smallest absolute Gasteiger partial charge is 0.0455 e. The molecule has 6 rings (SSSR count). The van der Waals surface area contributed by atoms with Crippen LogP contribution in [0.4, 0.5) is 11.4 Å². The Morgan fingerprint density at radius 1 is 0.590 bits per heavy atom. The summed E-state index contributed by atoms with van der Waals surface area (Å²) in [4.78, 5) is 2.26. The van der Waals surface area contributed by atoms with Gasteiger partial charge in [0, 0.05) is 23.5 Å². The maximum atomic E-state index is 4.08. The van der Waals surface area contributed by atoms with Gasteiger partial charge in [0.25, 0.3) is 0 Å².